The molecule has 0 aromatic heterocycles. The molecule has 6 heteroatoms. The Hall–Kier alpha value is -0.970. The summed E-state index contributed by atoms with van der Waals surface area (Å²) in [7, 11) is 0. The maximum absolute atomic E-state index is 13.1. The third kappa shape index (κ3) is 3.53. The van der Waals surface area contributed by atoms with Crippen LogP contribution in [-0.2, 0) is 6.54 Å². The summed E-state index contributed by atoms with van der Waals surface area (Å²) in [5.41, 5.74) is 1.47. The summed E-state index contributed by atoms with van der Waals surface area (Å²) in [4.78, 5) is 0. The number of hydrogen-bond donors (Lipinski definition) is 2. The van der Waals surface area contributed by atoms with Crippen LogP contribution in [0.5, 0.6) is 5.75 Å². The molecular formula is C13H9BrCl2FNO. The van der Waals surface area contributed by atoms with E-state index in [4.69, 9.17) is 23.2 Å². The van der Waals surface area contributed by atoms with Gasteiger partial charge < -0.3 is 10.4 Å². The van der Waals surface area contributed by atoms with Crippen LogP contribution < -0.4 is 5.32 Å². The number of anilines is 1. The van der Waals surface area contributed by atoms with Crippen LogP contribution in [0.3, 0.4) is 0 Å². The van der Waals surface area contributed by atoms with Gasteiger partial charge in [-0.15, -0.1) is 0 Å². The predicted octanol–water partition coefficient (Wildman–Crippen LogP) is 5.21. The number of aromatic hydroxyl groups is 1. The van der Waals surface area contributed by atoms with Gasteiger partial charge >= 0.3 is 0 Å². The Morgan fingerprint density at radius 2 is 1.89 bits per heavy atom. The van der Waals surface area contributed by atoms with Gasteiger partial charge in [0.2, 0.25) is 0 Å². The third-order valence-corrected chi connectivity index (χ3v) is 3.71. The summed E-state index contributed by atoms with van der Waals surface area (Å²) >= 11 is 15.0. The first-order valence-corrected chi connectivity index (χ1v) is 6.88. The fraction of sp³-hybridized carbons (Fsp3) is 0.0769. The van der Waals surface area contributed by atoms with Gasteiger partial charge in [0.15, 0.2) is 0 Å². The zero-order valence-corrected chi connectivity index (χ0v) is 12.7. The lowest BCUT2D eigenvalue weighted by Crippen LogP contribution is -2.01. The second-order valence-corrected chi connectivity index (χ2v) is 5.55. The van der Waals surface area contributed by atoms with Crippen LogP contribution >= 0.6 is 39.1 Å². The molecule has 0 aliphatic rings. The number of phenols is 1. The average molecular weight is 365 g/mol. The van der Waals surface area contributed by atoms with E-state index in [0.29, 0.717) is 16.7 Å². The van der Waals surface area contributed by atoms with Crippen LogP contribution in [0.4, 0.5) is 10.1 Å². The van der Waals surface area contributed by atoms with E-state index in [1.807, 2.05) is 0 Å². The van der Waals surface area contributed by atoms with E-state index in [9.17, 15) is 9.50 Å². The second-order valence-electron chi connectivity index (χ2n) is 3.88. The smallest absolute Gasteiger partial charge is 0.134 e. The zero-order chi connectivity index (χ0) is 14.0. The molecule has 0 saturated heterocycles. The first-order chi connectivity index (χ1) is 8.97. The van der Waals surface area contributed by atoms with Gasteiger partial charge in [-0.3, -0.25) is 0 Å². The molecule has 0 aliphatic heterocycles. The third-order valence-electron chi connectivity index (χ3n) is 2.49. The van der Waals surface area contributed by atoms with Crippen LogP contribution in [0.15, 0.2) is 34.8 Å². The lowest BCUT2D eigenvalue weighted by Gasteiger charge is -2.11. The van der Waals surface area contributed by atoms with Gasteiger partial charge in [0.25, 0.3) is 0 Å². The van der Waals surface area contributed by atoms with E-state index in [1.54, 1.807) is 12.1 Å². The lowest BCUT2D eigenvalue weighted by molar-refractivity contribution is 0.475. The minimum absolute atomic E-state index is 0.0337. The van der Waals surface area contributed by atoms with Crippen molar-refractivity contribution in [2.75, 3.05) is 5.32 Å². The molecule has 2 rings (SSSR count). The van der Waals surface area contributed by atoms with E-state index in [0.717, 1.165) is 5.56 Å². The highest BCUT2D eigenvalue weighted by Gasteiger charge is 2.08. The van der Waals surface area contributed by atoms with Gasteiger partial charge in [-0.25, -0.2) is 4.39 Å². The molecule has 2 aromatic carbocycles. The van der Waals surface area contributed by atoms with Gasteiger partial charge in [0.1, 0.15) is 11.6 Å². The van der Waals surface area contributed by atoms with Crippen molar-refractivity contribution in [3.05, 3.63) is 56.2 Å². The van der Waals surface area contributed by atoms with Gasteiger partial charge in [0.05, 0.1) is 15.7 Å². The first-order valence-electron chi connectivity index (χ1n) is 5.33. The van der Waals surface area contributed by atoms with Gasteiger partial charge in [-0.05, 0) is 45.8 Å². The van der Waals surface area contributed by atoms with Crippen molar-refractivity contribution < 1.29 is 9.50 Å². The van der Waals surface area contributed by atoms with E-state index in [2.05, 4.69) is 21.2 Å². The molecule has 0 radical (unpaired) electrons. The van der Waals surface area contributed by atoms with Crippen molar-refractivity contribution in [1.29, 1.82) is 0 Å². The number of halogens is 4. The molecule has 0 amide bonds. The highest BCUT2D eigenvalue weighted by atomic mass is 79.9. The summed E-state index contributed by atoms with van der Waals surface area (Å²) < 4.78 is 13.6. The Morgan fingerprint density at radius 1 is 1.16 bits per heavy atom. The predicted molar refractivity (Wildman–Crippen MR) is 79.6 cm³/mol. The first kappa shape index (κ1) is 14.4. The van der Waals surface area contributed by atoms with Crippen molar-refractivity contribution in [3.63, 3.8) is 0 Å². The van der Waals surface area contributed by atoms with E-state index < -0.39 is 5.82 Å². The lowest BCUT2D eigenvalue weighted by atomic mass is 10.2. The number of rotatable bonds is 3. The maximum Gasteiger partial charge on any atom is 0.134 e. The quantitative estimate of drug-likeness (QED) is 0.783. The van der Waals surface area contributed by atoms with Gasteiger partial charge in [0, 0.05) is 11.0 Å². The SMILES string of the molecule is Oc1ccc(CNc2c(Cl)cc(F)cc2Br)cc1Cl. The molecule has 0 unspecified atom stereocenters. The standard InChI is InChI=1S/C13H9BrCl2FNO/c14-9-4-8(17)5-11(16)13(9)18-6-7-1-2-12(19)10(15)3-7/h1-5,18-19H,6H2. The van der Waals surface area contributed by atoms with Gasteiger partial charge in [-0.1, -0.05) is 29.3 Å². The second kappa shape index (κ2) is 5.99. The molecule has 0 aliphatic carbocycles. The fourth-order valence-corrected chi connectivity index (χ4v) is 2.72. The maximum atomic E-state index is 13.1. The Morgan fingerprint density at radius 3 is 2.53 bits per heavy atom. The van der Waals surface area contributed by atoms with Crippen molar-refractivity contribution in [3.8, 4) is 5.75 Å². The molecule has 2 N–H and O–H groups in total. The molecule has 19 heavy (non-hydrogen) atoms. The summed E-state index contributed by atoms with van der Waals surface area (Å²) in [5.74, 6) is -0.374. The summed E-state index contributed by atoms with van der Waals surface area (Å²) in [6.07, 6.45) is 0. The van der Waals surface area contributed by atoms with E-state index >= 15 is 0 Å². The number of nitrogens with one attached hydrogen (secondary N) is 1. The molecule has 0 bridgehead atoms. The van der Waals surface area contributed by atoms with Crippen molar-refractivity contribution in [1.82, 2.24) is 0 Å². The molecule has 0 spiro atoms. The molecule has 0 atom stereocenters. The highest BCUT2D eigenvalue weighted by Crippen LogP contribution is 2.32. The molecule has 0 heterocycles. The molecule has 100 valence electrons. The monoisotopic (exact) mass is 363 g/mol. The minimum Gasteiger partial charge on any atom is -0.506 e. The molecule has 2 nitrogen and oxygen atoms in total. The van der Waals surface area contributed by atoms with Crippen molar-refractivity contribution >= 4 is 44.8 Å². The Labute approximate surface area is 128 Å². The van der Waals surface area contributed by atoms with Crippen LogP contribution in [0, 0.1) is 5.82 Å². The fourth-order valence-electron chi connectivity index (χ4n) is 1.56. The minimum atomic E-state index is -0.407. The Balaban J connectivity index is 2.16. The topological polar surface area (TPSA) is 32.3 Å². The number of hydrogen-bond acceptors (Lipinski definition) is 2. The van der Waals surface area contributed by atoms with Crippen molar-refractivity contribution in [2.24, 2.45) is 0 Å². The van der Waals surface area contributed by atoms with Gasteiger partial charge in [-0.2, -0.15) is 0 Å². The van der Waals surface area contributed by atoms with Crippen LogP contribution in [-0.4, -0.2) is 5.11 Å². The normalized spacial score (nSPS) is 10.5. The number of benzene rings is 2. The van der Waals surface area contributed by atoms with E-state index in [-0.39, 0.29) is 15.8 Å². The summed E-state index contributed by atoms with van der Waals surface area (Å²) in [6, 6.07) is 7.46. The summed E-state index contributed by atoms with van der Waals surface area (Å²) in [5, 5.41) is 13.0. The zero-order valence-electron chi connectivity index (χ0n) is 9.55. The molecular weight excluding hydrogens is 356 g/mol. The molecule has 2 aromatic rings. The van der Waals surface area contributed by atoms with Crippen LogP contribution in [0.2, 0.25) is 10.0 Å². The number of phenolic OH excluding ortho intramolecular Hbond substituents is 1. The van der Waals surface area contributed by atoms with E-state index in [1.165, 1.54) is 18.2 Å². The molecule has 0 fully saturated rings. The average Bonchev–Trinajstić information content (AvgIpc) is 2.32. The Kier molecular flexibility index (Phi) is 4.55. The Bertz CT molecular complexity index is 599. The van der Waals surface area contributed by atoms with Crippen molar-refractivity contribution in [2.45, 2.75) is 6.54 Å². The highest BCUT2D eigenvalue weighted by molar-refractivity contribution is 9.10. The largest absolute Gasteiger partial charge is 0.506 e. The summed E-state index contributed by atoms with van der Waals surface area (Å²) in [6.45, 7) is 0.448. The van der Waals surface area contributed by atoms with Crippen LogP contribution in [0.25, 0.3) is 0 Å². The molecule has 0 saturated carbocycles. The van der Waals surface area contributed by atoms with Crippen LogP contribution in [0.1, 0.15) is 5.56 Å².